The predicted octanol–water partition coefficient (Wildman–Crippen LogP) is 3.13. The summed E-state index contributed by atoms with van der Waals surface area (Å²) in [5.41, 5.74) is 0.174. The lowest BCUT2D eigenvalue weighted by Crippen LogP contribution is -2.28. The van der Waals surface area contributed by atoms with Crippen LogP contribution >= 0.6 is 11.8 Å². The molecule has 1 heterocycles. The van der Waals surface area contributed by atoms with Gasteiger partial charge in [-0.05, 0) is 24.6 Å². The van der Waals surface area contributed by atoms with Crippen LogP contribution in [-0.4, -0.2) is 42.0 Å². The van der Waals surface area contributed by atoms with E-state index in [4.69, 9.17) is 0 Å². The second kappa shape index (κ2) is 8.24. The van der Waals surface area contributed by atoms with Crippen molar-refractivity contribution in [2.45, 2.75) is 30.6 Å². The summed E-state index contributed by atoms with van der Waals surface area (Å²) in [6, 6.07) is 3.63. The molecule has 126 valence electrons. The Morgan fingerprint density at radius 1 is 1.39 bits per heavy atom. The SMILES string of the molecule is O=C(CCN1CCCC1=O)Nc1cc(F)ccc1SCC(F)F. The van der Waals surface area contributed by atoms with Gasteiger partial charge in [0.25, 0.3) is 0 Å². The van der Waals surface area contributed by atoms with Crippen LogP contribution in [0, 0.1) is 5.82 Å². The monoisotopic (exact) mass is 346 g/mol. The zero-order valence-corrected chi connectivity index (χ0v) is 13.2. The van der Waals surface area contributed by atoms with E-state index in [0.29, 0.717) is 24.4 Å². The summed E-state index contributed by atoms with van der Waals surface area (Å²) in [7, 11) is 0. The fourth-order valence-corrected chi connectivity index (χ4v) is 3.00. The van der Waals surface area contributed by atoms with Crippen molar-refractivity contribution in [3.05, 3.63) is 24.0 Å². The number of anilines is 1. The number of halogens is 3. The maximum absolute atomic E-state index is 13.3. The van der Waals surface area contributed by atoms with Crippen LogP contribution in [0.3, 0.4) is 0 Å². The number of alkyl halides is 2. The minimum Gasteiger partial charge on any atom is -0.342 e. The van der Waals surface area contributed by atoms with Gasteiger partial charge in [-0.15, -0.1) is 11.8 Å². The Balaban J connectivity index is 1.93. The third-order valence-electron chi connectivity index (χ3n) is 3.36. The van der Waals surface area contributed by atoms with Gasteiger partial charge in [-0.1, -0.05) is 0 Å². The highest BCUT2D eigenvalue weighted by atomic mass is 32.2. The number of benzene rings is 1. The molecule has 4 nitrogen and oxygen atoms in total. The van der Waals surface area contributed by atoms with Crippen LogP contribution in [0.15, 0.2) is 23.1 Å². The van der Waals surface area contributed by atoms with Gasteiger partial charge in [0.2, 0.25) is 18.2 Å². The first-order valence-corrected chi connectivity index (χ1v) is 8.22. The Kier molecular flexibility index (Phi) is 6.32. The van der Waals surface area contributed by atoms with Crippen LogP contribution in [-0.2, 0) is 9.59 Å². The molecule has 1 aliphatic rings. The minimum absolute atomic E-state index is 0.0248. The molecule has 0 saturated carbocycles. The molecule has 1 fully saturated rings. The second-order valence-electron chi connectivity index (χ2n) is 5.13. The summed E-state index contributed by atoms with van der Waals surface area (Å²) in [5.74, 6) is -1.35. The first-order valence-electron chi connectivity index (χ1n) is 7.24. The van der Waals surface area contributed by atoms with Crippen molar-refractivity contribution in [3.8, 4) is 0 Å². The number of rotatable bonds is 7. The van der Waals surface area contributed by atoms with Crippen LogP contribution < -0.4 is 5.32 Å². The van der Waals surface area contributed by atoms with Gasteiger partial charge in [0.1, 0.15) is 5.82 Å². The lowest BCUT2D eigenvalue weighted by Gasteiger charge is -2.16. The van der Waals surface area contributed by atoms with Crippen molar-refractivity contribution in [1.29, 1.82) is 0 Å². The van der Waals surface area contributed by atoms with Gasteiger partial charge in [-0.3, -0.25) is 9.59 Å². The molecule has 2 rings (SSSR count). The fourth-order valence-electron chi connectivity index (χ4n) is 2.27. The molecular formula is C15H17F3N2O2S. The van der Waals surface area contributed by atoms with Crippen molar-refractivity contribution in [1.82, 2.24) is 4.90 Å². The highest BCUT2D eigenvalue weighted by molar-refractivity contribution is 7.99. The molecule has 8 heteroatoms. The minimum atomic E-state index is -2.49. The highest BCUT2D eigenvalue weighted by Gasteiger charge is 2.20. The molecule has 0 radical (unpaired) electrons. The van der Waals surface area contributed by atoms with E-state index in [1.807, 2.05) is 0 Å². The highest BCUT2D eigenvalue weighted by Crippen LogP contribution is 2.29. The molecule has 0 atom stereocenters. The van der Waals surface area contributed by atoms with E-state index in [-0.39, 0.29) is 23.9 Å². The van der Waals surface area contributed by atoms with Gasteiger partial charge in [-0.2, -0.15) is 0 Å². The van der Waals surface area contributed by atoms with E-state index in [2.05, 4.69) is 5.32 Å². The first kappa shape index (κ1) is 17.7. The summed E-state index contributed by atoms with van der Waals surface area (Å²) in [4.78, 5) is 25.4. The maximum Gasteiger partial charge on any atom is 0.247 e. The van der Waals surface area contributed by atoms with E-state index in [9.17, 15) is 22.8 Å². The molecule has 0 unspecified atom stereocenters. The molecule has 1 aliphatic heterocycles. The molecule has 1 saturated heterocycles. The van der Waals surface area contributed by atoms with Gasteiger partial charge < -0.3 is 10.2 Å². The lowest BCUT2D eigenvalue weighted by atomic mass is 10.3. The number of thioether (sulfide) groups is 1. The quantitative estimate of drug-likeness (QED) is 0.772. The van der Waals surface area contributed by atoms with Crippen molar-refractivity contribution >= 4 is 29.3 Å². The summed E-state index contributed by atoms with van der Waals surface area (Å²) in [6.07, 6.45) is -1.12. The molecular weight excluding hydrogens is 329 g/mol. The van der Waals surface area contributed by atoms with Gasteiger partial charge in [-0.25, -0.2) is 13.2 Å². The summed E-state index contributed by atoms with van der Waals surface area (Å²) in [5, 5.41) is 2.53. The van der Waals surface area contributed by atoms with Crippen LogP contribution in [0.5, 0.6) is 0 Å². The smallest absolute Gasteiger partial charge is 0.247 e. The number of nitrogens with zero attached hydrogens (tertiary/aromatic N) is 1. The zero-order valence-electron chi connectivity index (χ0n) is 12.4. The average molecular weight is 346 g/mol. The Morgan fingerprint density at radius 3 is 2.83 bits per heavy atom. The number of nitrogens with one attached hydrogen (secondary N) is 1. The Morgan fingerprint density at radius 2 is 2.17 bits per heavy atom. The first-order chi connectivity index (χ1) is 11.0. The molecule has 0 bridgehead atoms. The van der Waals surface area contributed by atoms with Crippen molar-refractivity contribution in [2.24, 2.45) is 0 Å². The Bertz CT molecular complexity index is 584. The topological polar surface area (TPSA) is 49.4 Å². The molecule has 0 aliphatic carbocycles. The van der Waals surface area contributed by atoms with Crippen molar-refractivity contribution < 1.29 is 22.8 Å². The fraction of sp³-hybridized carbons (Fsp3) is 0.467. The predicted molar refractivity (Wildman–Crippen MR) is 82.2 cm³/mol. The molecule has 0 spiro atoms. The van der Waals surface area contributed by atoms with Gasteiger partial charge >= 0.3 is 0 Å². The maximum atomic E-state index is 13.3. The van der Waals surface area contributed by atoms with Gasteiger partial charge in [0.05, 0.1) is 11.4 Å². The number of amides is 2. The number of likely N-dealkylation sites (tertiary alicyclic amines) is 1. The third-order valence-corrected chi connectivity index (χ3v) is 4.45. The summed E-state index contributed by atoms with van der Waals surface area (Å²) >= 11 is 0.854. The van der Waals surface area contributed by atoms with Crippen LogP contribution in [0.25, 0.3) is 0 Å². The van der Waals surface area contributed by atoms with Crippen LogP contribution in [0.2, 0.25) is 0 Å². The normalized spacial score (nSPS) is 14.6. The van der Waals surface area contributed by atoms with E-state index < -0.39 is 18.0 Å². The lowest BCUT2D eigenvalue weighted by molar-refractivity contribution is -0.128. The van der Waals surface area contributed by atoms with Crippen molar-refractivity contribution in [3.63, 3.8) is 0 Å². The van der Waals surface area contributed by atoms with E-state index in [1.165, 1.54) is 6.07 Å². The number of carbonyl (C=O) groups excluding carboxylic acids is 2. The molecule has 23 heavy (non-hydrogen) atoms. The van der Waals surface area contributed by atoms with Crippen LogP contribution in [0.1, 0.15) is 19.3 Å². The Hall–Kier alpha value is -1.70. The van der Waals surface area contributed by atoms with Gasteiger partial charge in [0.15, 0.2) is 0 Å². The van der Waals surface area contributed by atoms with E-state index in [0.717, 1.165) is 30.3 Å². The third kappa shape index (κ3) is 5.46. The second-order valence-corrected chi connectivity index (χ2v) is 6.19. The molecule has 1 aromatic carbocycles. The molecule has 2 amide bonds. The average Bonchev–Trinajstić information content (AvgIpc) is 2.89. The van der Waals surface area contributed by atoms with E-state index in [1.54, 1.807) is 4.90 Å². The van der Waals surface area contributed by atoms with Crippen molar-refractivity contribution in [2.75, 3.05) is 24.2 Å². The summed E-state index contributed by atoms with van der Waals surface area (Å²) in [6.45, 7) is 0.945. The number of carbonyl (C=O) groups is 2. The molecule has 1 N–H and O–H groups in total. The molecule has 1 aromatic rings. The van der Waals surface area contributed by atoms with Crippen LogP contribution in [0.4, 0.5) is 18.9 Å². The Labute approximate surface area is 136 Å². The largest absolute Gasteiger partial charge is 0.342 e. The molecule has 0 aromatic heterocycles. The number of hydrogen-bond donors (Lipinski definition) is 1. The standard InChI is InChI=1S/C15H17F3N2O2S/c16-10-3-4-12(23-9-13(17)18)11(8-10)19-14(21)5-7-20-6-1-2-15(20)22/h3-4,8,13H,1-2,5-7,9H2,(H,19,21). The van der Waals surface area contributed by atoms with E-state index >= 15 is 0 Å². The van der Waals surface area contributed by atoms with Gasteiger partial charge in [0, 0.05) is 30.8 Å². The number of hydrogen-bond acceptors (Lipinski definition) is 3. The zero-order chi connectivity index (χ0) is 16.8. The summed E-state index contributed by atoms with van der Waals surface area (Å²) < 4.78 is 37.9.